The minimum atomic E-state index is 0.571. The number of nitrogens with two attached hydrogens (primary N) is 1. The predicted octanol–water partition coefficient (Wildman–Crippen LogP) is 2.50. The molecule has 3 heteroatoms. The fourth-order valence-corrected chi connectivity index (χ4v) is 2.81. The summed E-state index contributed by atoms with van der Waals surface area (Å²) in [6.45, 7) is 7.82. The Morgan fingerprint density at radius 3 is 2.83 bits per heavy atom. The van der Waals surface area contributed by atoms with Crippen LogP contribution in [0.3, 0.4) is 0 Å². The number of hydrogen-bond donors (Lipinski definition) is 1. The number of likely N-dealkylation sites (N-methyl/N-ethyl adjacent to an activating group) is 1. The first-order valence-corrected chi connectivity index (χ1v) is 6.93. The van der Waals surface area contributed by atoms with Crippen molar-refractivity contribution in [2.45, 2.75) is 32.7 Å². The molecule has 18 heavy (non-hydrogen) atoms. The van der Waals surface area contributed by atoms with Gasteiger partial charge in [-0.2, -0.15) is 0 Å². The predicted molar refractivity (Wildman–Crippen MR) is 79.1 cm³/mol. The van der Waals surface area contributed by atoms with Gasteiger partial charge in [-0.25, -0.2) is 0 Å². The van der Waals surface area contributed by atoms with Gasteiger partial charge in [0.1, 0.15) is 0 Å². The van der Waals surface area contributed by atoms with Gasteiger partial charge >= 0.3 is 0 Å². The molecule has 0 spiro atoms. The average molecular weight is 247 g/mol. The van der Waals surface area contributed by atoms with Gasteiger partial charge in [-0.05, 0) is 51.1 Å². The molecule has 0 bridgehead atoms. The van der Waals surface area contributed by atoms with Crippen LogP contribution in [0.4, 0.5) is 11.4 Å². The summed E-state index contributed by atoms with van der Waals surface area (Å²) >= 11 is 0. The molecule has 0 aromatic heterocycles. The van der Waals surface area contributed by atoms with Crippen LogP contribution in [0, 0.1) is 6.92 Å². The van der Waals surface area contributed by atoms with Crippen molar-refractivity contribution in [2.24, 2.45) is 0 Å². The van der Waals surface area contributed by atoms with E-state index in [1.54, 1.807) is 0 Å². The van der Waals surface area contributed by atoms with Crippen LogP contribution in [0.5, 0.6) is 0 Å². The van der Waals surface area contributed by atoms with Gasteiger partial charge in [0.2, 0.25) is 0 Å². The molecular formula is C15H25N3. The molecule has 0 amide bonds. The molecule has 1 aliphatic heterocycles. The number of anilines is 2. The molecule has 2 rings (SSSR count). The van der Waals surface area contributed by atoms with Gasteiger partial charge in [0, 0.05) is 19.1 Å². The van der Waals surface area contributed by atoms with Gasteiger partial charge in [0.15, 0.2) is 0 Å². The SMILES string of the molecule is CCC1CN(C)CCCN1c1cc(C)ccc1N. The van der Waals surface area contributed by atoms with Crippen LogP contribution < -0.4 is 10.6 Å². The third kappa shape index (κ3) is 2.78. The van der Waals surface area contributed by atoms with Gasteiger partial charge in [0.25, 0.3) is 0 Å². The fourth-order valence-electron chi connectivity index (χ4n) is 2.81. The Morgan fingerprint density at radius 1 is 1.33 bits per heavy atom. The Kier molecular flexibility index (Phi) is 4.12. The molecule has 1 atom stereocenters. The maximum atomic E-state index is 6.17. The first-order chi connectivity index (χ1) is 8.61. The highest BCUT2D eigenvalue weighted by Gasteiger charge is 2.23. The Balaban J connectivity index is 2.31. The fraction of sp³-hybridized carbons (Fsp3) is 0.600. The number of nitrogen functional groups attached to an aromatic ring is 1. The zero-order valence-corrected chi connectivity index (χ0v) is 11.8. The van der Waals surface area contributed by atoms with Crippen molar-refractivity contribution in [1.82, 2.24) is 4.90 Å². The molecule has 2 N–H and O–H groups in total. The second kappa shape index (κ2) is 5.61. The first kappa shape index (κ1) is 13.2. The Labute approximate surface area is 111 Å². The van der Waals surface area contributed by atoms with E-state index < -0.39 is 0 Å². The van der Waals surface area contributed by atoms with E-state index in [4.69, 9.17) is 5.73 Å². The molecule has 1 aliphatic rings. The number of hydrogen-bond acceptors (Lipinski definition) is 3. The van der Waals surface area contributed by atoms with Crippen LogP contribution in [-0.2, 0) is 0 Å². The Hall–Kier alpha value is -1.22. The lowest BCUT2D eigenvalue weighted by Gasteiger charge is -2.33. The molecule has 100 valence electrons. The molecule has 0 aliphatic carbocycles. The normalized spacial score (nSPS) is 21.9. The first-order valence-electron chi connectivity index (χ1n) is 6.93. The van der Waals surface area contributed by atoms with Crippen molar-refractivity contribution >= 4 is 11.4 Å². The topological polar surface area (TPSA) is 32.5 Å². The monoisotopic (exact) mass is 247 g/mol. The van der Waals surface area contributed by atoms with E-state index in [0.29, 0.717) is 6.04 Å². The van der Waals surface area contributed by atoms with Crippen LogP contribution >= 0.6 is 0 Å². The molecule has 3 nitrogen and oxygen atoms in total. The van der Waals surface area contributed by atoms with Crippen molar-refractivity contribution in [3.63, 3.8) is 0 Å². The Morgan fingerprint density at radius 2 is 2.11 bits per heavy atom. The van der Waals surface area contributed by atoms with E-state index >= 15 is 0 Å². The van der Waals surface area contributed by atoms with Crippen molar-refractivity contribution in [3.8, 4) is 0 Å². The van der Waals surface area contributed by atoms with Gasteiger partial charge in [-0.15, -0.1) is 0 Å². The van der Waals surface area contributed by atoms with E-state index in [1.165, 1.54) is 24.2 Å². The lowest BCUT2D eigenvalue weighted by atomic mass is 10.1. The van der Waals surface area contributed by atoms with E-state index in [1.807, 2.05) is 6.07 Å². The molecule has 1 aromatic carbocycles. The smallest absolute Gasteiger partial charge is 0.0605 e. The number of aryl methyl sites for hydroxylation is 1. The summed E-state index contributed by atoms with van der Waals surface area (Å²) in [6.07, 6.45) is 2.37. The summed E-state index contributed by atoms with van der Waals surface area (Å²) in [5, 5.41) is 0. The zero-order chi connectivity index (χ0) is 13.1. The van der Waals surface area contributed by atoms with Crippen LogP contribution in [0.1, 0.15) is 25.3 Å². The van der Waals surface area contributed by atoms with Gasteiger partial charge < -0.3 is 15.5 Å². The summed E-state index contributed by atoms with van der Waals surface area (Å²) in [5.41, 5.74) is 9.58. The molecule has 0 radical (unpaired) electrons. The van der Waals surface area contributed by atoms with E-state index in [2.05, 4.69) is 42.8 Å². The average Bonchev–Trinajstić information content (AvgIpc) is 2.53. The minimum absolute atomic E-state index is 0.571. The highest BCUT2D eigenvalue weighted by molar-refractivity contribution is 5.69. The summed E-state index contributed by atoms with van der Waals surface area (Å²) in [4.78, 5) is 4.94. The second-order valence-electron chi connectivity index (χ2n) is 5.43. The number of rotatable bonds is 2. The van der Waals surface area contributed by atoms with Crippen molar-refractivity contribution in [3.05, 3.63) is 23.8 Å². The summed E-state index contributed by atoms with van der Waals surface area (Å²) < 4.78 is 0. The third-order valence-corrected chi connectivity index (χ3v) is 3.87. The van der Waals surface area contributed by atoms with Crippen LogP contribution in [0.2, 0.25) is 0 Å². The largest absolute Gasteiger partial charge is 0.397 e. The standard InChI is InChI=1S/C15H25N3/c1-4-13-11-17(3)8-5-9-18(13)15-10-12(2)6-7-14(15)16/h6-7,10,13H,4-5,8-9,11,16H2,1-3H3. The number of benzene rings is 1. The second-order valence-corrected chi connectivity index (χ2v) is 5.43. The van der Waals surface area contributed by atoms with E-state index in [-0.39, 0.29) is 0 Å². The zero-order valence-electron chi connectivity index (χ0n) is 11.8. The van der Waals surface area contributed by atoms with Gasteiger partial charge in [-0.1, -0.05) is 13.0 Å². The lowest BCUT2D eigenvalue weighted by Crippen LogP contribution is -2.40. The molecule has 1 fully saturated rings. The van der Waals surface area contributed by atoms with Crippen LogP contribution in [-0.4, -0.2) is 37.6 Å². The summed E-state index contributed by atoms with van der Waals surface area (Å²) in [6, 6.07) is 6.92. The highest BCUT2D eigenvalue weighted by atomic mass is 15.2. The molecule has 1 heterocycles. The van der Waals surface area contributed by atoms with E-state index in [9.17, 15) is 0 Å². The number of nitrogens with zero attached hydrogens (tertiary/aromatic N) is 2. The third-order valence-electron chi connectivity index (χ3n) is 3.87. The molecule has 1 saturated heterocycles. The van der Waals surface area contributed by atoms with Crippen molar-refractivity contribution < 1.29 is 0 Å². The maximum absolute atomic E-state index is 6.17. The molecule has 1 aromatic rings. The van der Waals surface area contributed by atoms with Crippen molar-refractivity contribution in [1.29, 1.82) is 0 Å². The molecule has 0 saturated carbocycles. The van der Waals surface area contributed by atoms with Crippen LogP contribution in [0.15, 0.2) is 18.2 Å². The molecular weight excluding hydrogens is 222 g/mol. The summed E-state index contributed by atoms with van der Waals surface area (Å²) in [7, 11) is 2.21. The Bertz CT molecular complexity index is 403. The maximum Gasteiger partial charge on any atom is 0.0605 e. The molecule has 1 unspecified atom stereocenters. The minimum Gasteiger partial charge on any atom is -0.397 e. The lowest BCUT2D eigenvalue weighted by molar-refractivity contribution is 0.328. The van der Waals surface area contributed by atoms with Gasteiger partial charge in [-0.3, -0.25) is 0 Å². The van der Waals surface area contributed by atoms with Gasteiger partial charge in [0.05, 0.1) is 11.4 Å². The summed E-state index contributed by atoms with van der Waals surface area (Å²) in [5.74, 6) is 0. The van der Waals surface area contributed by atoms with Crippen molar-refractivity contribution in [2.75, 3.05) is 37.3 Å². The quantitative estimate of drug-likeness (QED) is 0.815. The van der Waals surface area contributed by atoms with Crippen LogP contribution in [0.25, 0.3) is 0 Å². The highest BCUT2D eigenvalue weighted by Crippen LogP contribution is 2.28. The van der Waals surface area contributed by atoms with E-state index in [0.717, 1.165) is 25.2 Å².